The zero-order valence-electron chi connectivity index (χ0n) is 15.6. The first-order valence-electron chi connectivity index (χ1n) is 9.05. The van der Waals surface area contributed by atoms with Crippen molar-refractivity contribution < 1.29 is 19.1 Å². The molecule has 6 heteroatoms. The molecule has 0 fully saturated rings. The second kappa shape index (κ2) is 9.50. The van der Waals surface area contributed by atoms with Crippen molar-refractivity contribution in [3.63, 3.8) is 0 Å². The van der Waals surface area contributed by atoms with E-state index in [1.165, 1.54) is 7.11 Å². The monoisotopic (exact) mass is 378 g/mol. The summed E-state index contributed by atoms with van der Waals surface area (Å²) >= 11 is 0. The number of rotatable bonds is 7. The summed E-state index contributed by atoms with van der Waals surface area (Å²) in [5.74, 6) is -0.343. The summed E-state index contributed by atoms with van der Waals surface area (Å²) in [6, 6.07) is 18.6. The van der Waals surface area contributed by atoms with E-state index in [0.717, 1.165) is 16.3 Å². The lowest BCUT2D eigenvalue weighted by atomic mass is 10.0. The first-order chi connectivity index (χ1) is 13.7. The largest absolute Gasteiger partial charge is 0.469 e. The molecule has 0 aliphatic rings. The number of benzene rings is 2. The van der Waals surface area contributed by atoms with Crippen molar-refractivity contribution in [3.05, 3.63) is 78.1 Å². The summed E-state index contributed by atoms with van der Waals surface area (Å²) in [5.41, 5.74) is 1.59. The smallest absolute Gasteiger partial charge is 0.408 e. The van der Waals surface area contributed by atoms with Crippen LogP contribution in [0.4, 0.5) is 4.79 Å². The number of methoxy groups -OCH3 is 1. The van der Waals surface area contributed by atoms with Crippen LogP contribution in [0.2, 0.25) is 0 Å². The van der Waals surface area contributed by atoms with Crippen molar-refractivity contribution in [1.82, 2.24) is 10.3 Å². The maximum absolute atomic E-state index is 12.4. The van der Waals surface area contributed by atoms with Gasteiger partial charge in [0.15, 0.2) is 0 Å². The topological polar surface area (TPSA) is 77.5 Å². The zero-order valence-corrected chi connectivity index (χ0v) is 15.6. The molecule has 0 spiro atoms. The molecule has 0 aliphatic carbocycles. The number of carbonyl (C=O) groups excluding carboxylic acids is 2. The third-order valence-corrected chi connectivity index (χ3v) is 4.40. The lowest BCUT2D eigenvalue weighted by Gasteiger charge is -2.19. The second-order valence-corrected chi connectivity index (χ2v) is 6.29. The Bertz CT molecular complexity index is 938. The van der Waals surface area contributed by atoms with Crippen LogP contribution in [-0.2, 0) is 20.9 Å². The molecular weight excluding hydrogens is 356 g/mol. The van der Waals surface area contributed by atoms with E-state index >= 15 is 0 Å². The summed E-state index contributed by atoms with van der Waals surface area (Å²) < 4.78 is 10.1. The standard InChI is InChI=1S/C22H22N2O4/c1-27-20(25)12-11-19(21-18-10-6-5-9-17(18)13-14-23-21)24-22(26)28-15-16-7-3-2-4-8-16/h2-10,13-14,19H,11-12,15H2,1H3,(H,24,26). The summed E-state index contributed by atoms with van der Waals surface area (Å²) in [4.78, 5) is 28.5. The number of nitrogens with one attached hydrogen (secondary N) is 1. The molecule has 6 nitrogen and oxygen atoms in total. The predicted molar refractivity (Wildman–Crippen MR) is 105 cm³/mol. The number of ether oxygens (including phenoxy) is 2. The van der Waals surface area contributed by atoms with Crippen molar-refractivity contribution in [1.29, 1.82) is 0 Å². The van der Waals surface area contributed by atoms with Gasteiger partial charge in [0.25, 0.3) is 0 Å². The number of amides is 1. The number of hydrogen-bond donors (Lipinski definition) is 1. The van der Waals surface area contributed by atoms with E-state index in [-0.39, 0.29) is 19.0 Å². The Labute approximate surface area is 163 Å². The number of pyridine rings is 1. The van der Waals surface area contributed by atoms with E-state index in [1.54, 1.807) is 6.20 Å². The van der Waals surface area contributed by atoms with E-state index < -0.39 is 12.1 Å². The molecule has 144 valence electrons. The fourth-order valence-electron chi connectivity index (χ4n) is 2.97. The van der Waals surface area contributed by atoms with Gasteiger partial charge in [0.05, 0.1) is 18.8 Å². The predicted octanol–water partition coefficient (Wildman–Crippen LogP) is 4.16. The Kier molecular flexibility index (Phi) is 6.57. The Hall–Kier alpha value is -3.41. The molecule has 3 rings (SSSR count). The number of aromatic nitrogens is 1. The maximum atomic E-state index is 12.4. The average molecular weight is 378 g/mol. The zero-order chi connectivity index (χ0) is 19.8. The van der Waals surface area contributed by atoms with Crippen LogP contribution >= 0.6 is 0 Å². The highest BCUT2D eigenvalue weighted by molar-refractivity contribution is 5.85. The van der Waals surface area contributed by atoms with Crippen LogP contribution < -0.4 is 5.32 Å². The third kappa shape index (κ3) is 5.07. The molecule has 0 bridgehead atoms. The number of alkyl carbamates (subject to hydrolysis) is 1. The van der Waals surface area contributed by atoms with Crippen molar-refractivity contribution in [2.24, 2.45) is 0 Å². The molecule has 1 aromatic heterocycles. The van der Waals surface area contributed by atoms with Gasteiger partial charge < -0.3 is 14.8 Å². The first kappa shape index (κ1) is 19.4. The van der Waals surface area contributed by atoms with E-state index in [2.05, 4.69) is 10.3 Å². The first-order valence-corrected chi connectivity index (χ1v) is 9.05. The summed E-state index contributed by atoms with van der Waals surface area (Å²) in [7, 11) is 1.34. The van der Waals surface area contributed by atoms with E-state index in [1.807, 2.05) is 60.7 Å². The van der Waals surface area contributed by atoms with Gasteiger partial charge in [-0.2, -0.15) is 0 Å². The van der Waals surface area contributed by atoms with E-state index in [9.17, 15) is 9.59 Å². The van der Waals surface area contributed by atoms with Crippen molar-refractivity contribution >= 4 is 22.8 Å². The summed E-state index contributed by atoms with van der Waals surface area (Å²) in [6.07, 6.45) is 1.65. The molecule has 0 saturated carbocycles. The molecule has 0 aliphatic heterocycles. The number of fused-ring (bicyclic) bond motifs is 1. The van der Waals surface area contributed by atoms with Gasteiger partial charge in [-0.25, -0.2) is 4.79 Å². The van der Waals surface area contributed by atoms with Gasteiger partial charge in [0, 0.05) is 18.0 Å². The van der Waals surface area contributed by atoms with Gasteiger partial charge in [0.2, 0.25) is 0 Å². The Morgan fingerprint density at radius 3 is 2.57 bits per heavy atom. The van der Waals surface area contributed by atoms with Crippen LogP contribution in [-0.4, -0.2) is 24.2 Å². The van der Waals surface area contributed by atoms with Crippen LogP contribution in [0.15, 0.2) is 66.9 Å². The van der Waals surface area contributed by atoms with Crippen LogP contribution in [0.1, 0.15) is 30.1 Å². The minimum atomic E-state index is -0.562. The molecule has 0 saturated heterocycles. The number of nitrogens with zero attached hydrogens (tertiary/aromatic N) is 1. The number of esters is 1. The van der Waals surface area contributed by atoms with Gasteiger partial charge in [0.1, 0.15) is 6.61 Å². The summed E-state index contributed by atoms with van der Waals surface area (Å²) in [6.45, 7) is 0.166. The SMILES string of the molecule is COC(=O)CCC(NC(=O)OCc1ccccc1)c1nccc2ccccc12. The highest BCUT2D eigenvalue weighted by atomic mass is 16.5. The third-order valence-electron chi connectivity index (χ3n) is 4.40. The number of carbonyl (C=O) groups is 2. The average Bonchev–Trinajstić information content (AvgIpc) is 2.75. The molecule has 0 radical (unpaired) electrons. The van der Waals surface area contributed by atoms with Crippen LogP contribution in [0, 0.1) is 0 Å². The summed E-state index contributed by atoms with van der Waals surface area (Å²) in [5, 5.41) is 4.77. The highest BCUT2D eigenvalue weighted by Gasteiger charge is 2.20. The van der Waals surface area contributed by atoms with Gasteiger partial charge in [-0.3, -0.25) is 9.78 Å². The maximum Gasteiger partial charge on any atom is 0.408 e. The molecule has 2 aromatic carbocycles. The van der Waals surface area contributed by atoms with Crippen LogP contribution in [0.25, 0.3) is 10.8 Å². The lowest BCUT2D eigenvalue weighted by molar-refractivity contribution is -0.140. The van der Waals surface area contributed by atoms with E-state index in [0.29, 0.717) is 12.1 Å². The molecule has 1 unspecified atom stereocenters. The molecule has 3 aromatic rings. The minimum absolute atomic E-state index is 0.158. The highest BCUT2D eigenvalue weighted by Crippen LogP contribution is 2.25. The molecule has 1 amide bonds. The van der Waals surface area contributed by atoms with Crippen molar-refractivity contribution in [2.45, 2.75) is 25.5 Å². The lowest BCUT2D eigenvalue weighted by Crippen LogP contribution is -2.30. The van der Waals surface area contributed by atoms with Crippen molar-refractivity contribution in [3.8, 4) is 0 Å². The molecule has 1 heterocycles. The van der Waals surface area contributed by atoms with Crippen LogP contribution in [0.5, 0.6) is 0 Å². The minimum Gasteiger partial charge on any atom is -0.469 e. The Balaban J connectivity index is 1.76. The fraction of sp³-hybridized carbons (Fsp3) is 0.227. The molecule has 1 N–H and O–H groups in total. The normalized spacial score (nSPS) is 11.6. The van der Waals surface area contributed by atoms with Gasteiger partial charge in [-0.1, -0.05) is 54.6 Å². The second-order valence-electron chi connectivity index (χ2n) is 6.29. The Morgan fingerprint density at radius 2 is 1.79 bits per heavy atom. The molecule has 1 atom stereocenters. The fourth-order valence-corrected chi connectivity index (χ4v) is 2.97. The van der Waals surface area contributed by atoms with Gasteiger partial charge >= 0.3 is 12.1 Å². The van der Waals surface area contributed by atoms with Gasteiger partial charge in [-0.15, -0.1) is 0 Å². The quantitative estimate of drug-likeness (QED) is 0.625. The van der Waals surface area contributed by atoms with Gasteiger partial charge in [-0.05, 0) is 23.4 Å². The Morgan fingerprint density at radius 1 is 1.04 bits per heavy atom. The van der Waals surface area contributed by atoms with Crippen molar-refractivity contribution in [2.75, 3.05) is 7.11 Å². The van der Waals surface area contributed by atoms with Crippen LogP contribution in [0.3, 0.4) is 0 Å². The number of hydrogen-bond acceptors (Lipinski definition) is 5. The van der Waals surface area contributed by atoms with E-state index in [4.69, 9.17) is 9.47 Å². The molecule has 28 heavy (non-hydrogen) atoms. The molecular formula is C22H22N2O4.